The molecule has 0 saturated heterocycles. The van der Waals surface area contributed by atoms with Crippen molar-refractivity contribution >= 4 is 5.91 Å². The Balaban J connectivity index is 2.19. The first-order valence-corrected chi connectivity index (χ1v) is 7.90. The lowest BCUT2D eigenvalue weighted by atomic mass is 10.1. The number of hydrogen-bond acceptors (Lipinski definition) is 6. The van der Waals surface area contributed by atoms with Crippen LogP contribution in [0.15, 0.2) is 22.7 Å². The molecule has 0 unspecified atom stereocenters. The van der Waals surface area contributed by atoms with E-state index < -0.39 is 0 Å². The molecule has 7 nitrogen and oxygen atoms in total. The largest absolute Gasteiger partial charge is 0.493 e. The number of aryl methyl sites for hydroxylation is 2. The van der Waals surface area contributed by atoms with Crippen molar-refractivity contribution in [2.24, 2.45) is 0 Å². The summed E-state index contributed by atoms with van der Waals surface area (Å²) in [6.45, 7) is 6.30. The molecule has 132 valence electrons. The molecule has 1 aromatic carbocycles. The minimum atomic E-state index is -0.223. The fourth-order valence-corrected chi connectivity index (χ4v) is 2.37. The van der Waals surface area contributed by atoms with Crippen LogP contribution in [0.2, 0.25) is 0 Å². The Morgan fingerprint density at radius 2 is 2.12 bits per heavy atom. The zero-order valence-electron chi connectivity index (χ0n) is 14.8. The molecule has 0 aliphatic rings. The number of methoxy groups -OCH3 is 1. The second-order valence-corrected chi connectivity index (χ2v) is 5.43. The topological polar surface area (TPSA) is 88.6 Å². The summed E-state index contributed by atoms with van der Waals surface area (Å²) < 4.78 is 16.3. The van der Waals surface area contributed by atoms with E-state index in [4.69, 9.17) is 19.3 Å². The van der Waals surface area contributed by atoms with Crippen molar-refractivity contribution in [1.29, 1.82) is 5.26 Å². The molecule has 2 aromatic rings. The Kier molecular flexibility index (Phi) is 6.01. The maximum absolute atomic E-state index is 12.4. The van der Waals surface area contributed by atoms with Gasteiger partial charge in [-0.05, 0) is 39.0 Å². The number of ether oxygens (including phenoxy) is 2. The highest BCUT2D eigenvalue weighted by Crippen LogP contribution is 2.30. The third kappa shape index (κ3) is 4.10. The van der Waals surface area contributed by atoms with Crippen LogP contribution in [0, 0.1) is 25.2 Å². The van der Waals surface area contributed by atoms with Crippen LogP contribution in [0.1, 0.15) is 34.3 Å². The predicted molar refractivity (Wildman–Crippen MR) is 90.5 cm³/mol. The van der Waals surface area contributed by atoms with Crippen molar-refractivity contribution < 1.29 is 18.8 Å². The monoisotopic (exact) mass is 343 g/mol. The third-order valence-corrected chi connectivity index (χ3v) is 3.89. The standard InChI is InChI=1S/C18H21N3O4/c1-5-21(9-8-19)18(22)14-6-7-16(17(10-14)23-4)24-11-15-12(2)20-25-13(15)3/h6-7,10H,5,9,11H2,1-4H3. The molecule has 0 aliphatic carbocycles. The quantitative estimate of drug-likeness (QED) is 0.718. The SMILES string of the molecule is CCN(CC#N)C(=O)c1ccc(OCc2c(C)noc2C)c(OC)c1. The molecule has 0 spiro atoms. The number of amides is 1. The van der Waals surface area contributed by atoms with Gasteiger partial charge in [-0.25, -0.2) is 0 Å². The zero-order chi connectivity index (χ0) is 18.4. The highest BCUT2D eigenvalue weighted by atomic mass is 16.5. The van der Waals surface area contributed by atoms with E-state index in [0.29, 0.717) is 36.0 Å². The molecule has 0 atom stereocenters. The van der Waals surface area contributed by atoms with Gasteiger partial charge in [0.15, 0.2) is 11.5 Å². The Morgan fingerprint density at radius 1 is 1.36 bits per heavy atom. The van der Waals surface area contributed by atoms with E-state index in [9.17, 15) is 4.79 Å². The van der Waals surface area contributed by atoms with Gasteiger partial charge in [-0.15, -0.1) is 0 Å². The van der Waals surface area contributed by atoms with Gasteiger partial charge in [-0.3, -0.25) is 4.79 Å². The second-order valence-electron chi connectivity index (χ2n) is 5.43. The number of carbonyl (C=O) groups excluding carboxylic acids is 1. The molecule has 25 heavy (non-hydrogen) atoms. The summed E-state index contributed by atoms with van der Waals surface area (Å²) in [7, 11) is 1.51. The molecule has 0 N–H and O–H groups in total. The van der Waals surface area contributed by atoms with Gasteiger partial charge in [-0.1, -0.05) is 5.16 Å². The van der Waals surface area contributed by atoms with Crippen molar-refractivity contribution in [2.45, 2.75) is 27.4 Å². The van der Waals surface area contributed by atoms with Gasteiger partial charge in [0, 0.05) is 12.1 Å². The molecule has 0 saturated carbocycles. The van der Waals surface area contributed by atoms with Crippen LogP contribution < -0.4 is 9.47 Å². The number of hydrogen-bond donors (Lipinski definition) is 0. The van der Waals surface area contributed by atoms with Crippen LogP contribution in [-0.2, 0) is 6.61 Å². The molecule has 0 bridgehead atoms. The van der Waals surface area contributed by atoms with Crippen LogP contribution in [0.25, 0.3) is 0 Å². The van der Waals surface area contributed by atoms with Gasteiger partial charge < -0.3 is 18.9 Å². The van der Waals surface area contributed by atoms with Gasteiger partial charge in [-0.2, -0.15) is 5.26 Å². The molecule has 1 amide bonds. The van der Waals surface area contributed by atoms with Crippen molar-refractivity contribution in [2.75, 3.05) is 20.2 Å². The lowest BCUT2D eigenvalue weighted by Crippen LogP contribution is -2.31. The summed E-state index contributed by atoms with van der Waals surface area (Å²) in [4.78, 5) is 13.9. The summed E-state index contributed by atoms with van der Waals surface area (Å²) >= 11 is 0. The third-order valence-electron chi connectivity index (χ3n) is 3.89. The molecule has 1 heterocycles. The van der Waals surface area contributed by atoms with E-state index in [1.54, 1.807) is 18.2 Å². The molecule has 1 aromatic heterocycles. The molecule has 7 heteroatoms. The van der Waals surface area contributed by atoms with E-state index in [1.165, 1.54) is 12.0 Å². The van der Waals surface area contributed by atoms with Crippen LogP contribution >= 0.6 is 0 Å². The van der Waals surface area contributed by atoms with Crippen molar-refractivity contribution in [3.8, 4) is 17.6 Å². The van der Waals surface area contributed by atoms with Crippen LogP contribution in [0.4, 0.5) is 0 Å². The minimum absolute atomic E-state index is 0.0436. The van der Waals surface area contributed by atoms with Crippen molar-refractivity contribution in [3.63, 3.8) is 0 Å². The number of benzene rings is 1. The van der Waals surface area contributed by atoms with Crippen LogP contribution in [0.3, 0.4) is 0 Å². The Hall–Kier alpha value is -3.01. The Labute approximate surface area is 146 Å². The first-order valence-electron chi connectivity index (χ1n) is 7.90. The lowest BCUT2D eigenvalue weighted by Gasteiger charge is -2.18. The van der Waals surface area contributed by atoms with E-state index in [-0.39, 0.29) is 12.5 Å². The average molecular weight is 343 g/mol. The van der Waals surface area contributed by atoms with Gasteiger partial charge in [0.25, 0.3) is 5.91 Å². The number of nitriles is 1. The number of carbonyl (C=O) groups is 1. The maximum Gasteiger partial charge on any atom is 0.254 e. The molecular formula is C18H21N3O4. The lowest BCUT2D eigenvalue weighted by molar-refractivity contribution is 0.0783. The fourth-order valence-electron chi connectivity index (χ4n) is 2.37. The van der Waals surface area contributed by atoms with E-state index in [2.05, 4.69) is 5.16 Å². The molecule has 0 radical (unpaired) electrons. The first-order chi connectivity index (χ1) is 12.0. The van der Waals surface area contributed by atoms with Crippen LogP contribution in [0.5, 0.6) is 11.5 Å². The van der Waals surface area contributed by atoms with Crippen molar-refractivity contribution in [3.05, 3.63) is 40.8 Å². The molecule has 2 rings (SSSR count). The highest BCUT2D eigenvalue weighted by molar-refractivity contribution is 5.95. The molecule has 0 fully saturated rings. The zero-order valence-corrected chi connectivity index (χ0v) is 14.8. The maximum atomic E-state index is 12.4. The summed E-state index contributed by atoms with van der Waals surface area (Å²) in [5, 5.41) is 12.7. The Morgan fingerprint density at radius 3 is 2.68 bits per heavy atom. The summed E-state index contributed by atoms with van der Waals surface area (Å²) in [6.07, 6.45) is 0. The molecule has 0 aliphatic heterocycles. The van der Waals surface area contributed by atoms with E-state index >= 15 is 0 Å². The summed E-state index contributed by atoms with van der Waals surface area (Å²) in [5.41, 5.74) is 2.10. The highest BCUT2D eigenvalue weighted by Gasteiger charge is 2.17. The summed E-state index contributed by atoms with van der Waals surface area (Å²) in [6, 6.07) is 6.95. The van der Waals surface area contributed by atoms with Crippen molar-refractivity contribution in [1.82, 2.24) is 10.1 Å². The average Bonchev–Trinajstić information content (AvgIpc) is 2.95. The normalized spacial score (nSPS) is 10.2. The van der Waals surface area contributed by atoms with Gasteiger partial charge >= 0.3 is 0 Å². The fraction of sp³-hybridized carbons (Fsp3) is 0.389. The number of rotatable bonds is 7. The van der Waals surface area contributed by atoms with Gasteiger partial charge in [0.05, 0.1) is 24.4 Å². The van der Waals surface area contributed by atoms with Gasteiger partial charge in [0.2, 0.25) is 0 Å². The second kappa shape index (κ2) is 8.20. The molecular weight excluding hydrogens is 322 g/mol. The van der Waals surface area contributed by atoms with E-state index in [0.717, 1.165) is 11.3 Å². The number of nitrogens with zero attached hydrogens (tertiary/aromatic N) is 3. The summed E-state index contributed by atoms with van der Waals surface area (Å²) in [5.74, 6) is 1.45. The number of aromatic nitrogens is 1. The first kappa shape index (κ1) is 18.3. The van der Waals surface area contributed by atoms with Crippen LogP contribution in [-0.4, -0.2) is 36.2 Å². The van der Waals surface area contributed by atoms with E-state index in [1.807, 2.05) is 26.8 Å². The predicted octanol–water partition coefficient (Wildman–Crippen LogP) is 2.86. The Bertz CT molecular complexity index is 773. The smallest absolute Gasteiger partial charge is 0.254 e. The van der Waals surface area contributed by atoms with Gasteiger partial charge in [0.1, 0.15) is 18.9 Å². The minimum Gasteiger partial charge on any atom is -0.493 e.